The molecule has 0 radical (unpaired) electrons. The number of methoxy groups -OCH3 is 1. The Bertz CT molecular complexity index is 1070. The number of urea groups is 1. The monoisotopic (exact) mass is 436 g/mol. The van der Waals surface area contributed by atoms with Crippen molar-refractivity contribution in [3.63, 3.8) is 0 Å². The summed E-state index contributed by atoms with van der Waals surface area (Å²) in [6, 6.07) is 11.9. The Morgan fingerprint density at radius 1 is 1.09 bits per heavy atom. The quantitative estimate of drug-likeness (QED) is 0.685. The first-order valence-corrected chi connectivity index (χ1v) is 10.3. The van der Waals surface area contributed by atoms with E-state index in [2.05, 4.69) is 10.6 Å². The SMILES string of the molecule is CNC(=O)[C@@H]1Cc2ccccc2CN1C(=O)C[C@H]1NC(=O)N(c2ccc(OC)cc2)C1=O. The molecule has 2 heterocycles. The van der Waals surface area contributed by atoms with E-state index >= 15 is 0 Å². The topological polar surface area (TPSA) is 108 Å². The van der Waals surface area contributed by atoms with Gasteiger partial charge in [-0.2, -0.15) is 0 Å². The van der Waals surface area contributed by atoms with Crippen LogP contribution < -0.4 is 20.3 Å². The molecule has 166 valence electrons. The highest BCUT2D eigenvalue weighted by atomic mass is 16.5. The second-order valence-corrected chi connectivity index (χ2v) is 7.70. The summed E-state index contributed by atoms with van der Waals surface area (Å²) in [5.41, 5.74) is 2.36. The molecule has 2 aliphatic heterocycles. The molecule has 0 spiro atoms. The van der Waals surface area contributed by atoms with Crippen molar-refractivity contribution in [3.05, 3.63) is 59.7 Å². The number of anilines is 1. The van der Waals surface area contributed by atoms with E-state index in [0.29, 0.717) is 17.9 Å². The first-order valence-electron chi connectivity index (χ1n) is 10.3. The van der Waals surface area contributed by atoms with Crippen molar-refractivity contribution in [2.24, 2.45) is 0 Å². The molecule has 9 heteroatoms. The van der Waals surface area contributed by atoms with Gasteiger partial charge in [0.25, 0.3) is 5.91 Å². The third kappa shape index (κ3) is 3.89. The number of carbonyl (C=O) groups excluding carboxylic acids is 4. The fourth-order valence-electron chi connectivity index (χ4n) is 4.12. The number of nitrogens with zero attached hydrogens (tertiary/aromatic N) is 2. The molecule has 2 atom stereocenters. The lowest BCUT2D eigenvalue weighted by Gasteiger charge is -2.36. The number of carbonyl (C=O) groups is 4. The minimum Gasteiger partial charge on any atom is -0.497 e. The van der Waals surface area contributed by atoms with E-state index in [1.807, 2.05) is 24.3 Å². The molecule has 0 aromatic heterocycles. The van der Waals surface area contributed by atoms with Crippen LogP contribution in [0.5, 0.6) is 5.75 Å². The Kier molecular flexibility index (Phi) is 5.81. The van der Waals surface area contributed by atoms with Crippen molar-refractivity contribution in [2.45, 2.75) is 31.5 Å². The van der Waals surface area contributed by atoms with Crippen LogP contribution in [-0.4, -0.2) is 54.9 Å². The van der Waals surface area contributed by atoms with Crippen LogP contribution in [-0.2, 0) is 27.3 Å². The van der Waals surface area contributed by atoms with Crippen LogP contribution in [0, 0.1) is 0 Å². The molecular weight excluding hydrogens is 412 g/mol. The van der Waals surface area contributed by atoms with Gasteiger partial charge in [0.15, 0.2) is 0 Å². The molecule has 2 N–H and O–H groups in total. The summed E-state index contributed by atoms with van der Waals surface area (Å²) >= 11 is 0. The molecule has 0 saturated carbocycles. The maximum absolute atomic E-state index is 13.2. The molecule has 32 heavy (non-hydrogen) atoms. The highest BCUT2D eigenvalue weighted by Crippen LogP contribution is 2.27. The van der Waals surface area contributed by atoms with Gasteiger partial charge in [-0.15, -0.1) is 0 Å². The average Bonchev–Trinajstić information content (AvgIpc) is 3.10. The van der Waals surface area contributed by atoms with Crippen molar-refractivity contribution in [1.82, 2.24) is 15.5 Å². The highest BCUT2D eigenvalue weighted by Gasteiger charge is 2.42. The van der Waals surface area contributed by atoms with E-state index in [4.69, 9.17) is 4.74 Å². The number of amides is 5. The van der Waals surface area contributed by atoms with Crippen LogP contribution >= 0.6 is 0 Å². The highest BCUT2D eigenvalue weighted by molar-refractivity contribution is 6.22. The molecule has 2 aliphatic rings. The Hall–Kier alpha value is -3.88. The minimum absolute atomic E-state index is 0.229. The van der Waals surface area contributed by atoms with Crippen molar-refractivity contribution >= 4 is 29.4 Å². The second kappa shape index (κ2) is 8.70. The number of fused-ring (bicyclic) bond motifs is 1. The van der Waals surface area contributed by atoms with Crippen molar-refractivity contribution in [2.75, 3.05) is 19.1 Å². The largest absolute Gasteiger partial charge is 0.497 e. The van der Waals surface area contributed by atoms with E-state index in [9.17, 15) is 19.2 Å². The summed E-state index contributed by atoms with van der Waals surface area (Å²) in [4.78, 5) is 53.5. The van der Waals surface area contributed by atoms with E-state index in [1.54, 1.807) is 24.3 Å². The number of imide groups is 1. The number of hydrogen-bond donors (Lipinski definition) is 2. The van der Waals surface area contributed by atoms with Gasteiger partial charge in [0.05, 0.1) is 19.2 Å². The summed E-state index contributed by atoms with van der Waals surface area (Å²) in [6.07, 6.45) is 0.164. The van der Waals surface area contributed by atoms with Crippen LogP contribution in [0.2, 0.25) is 0 Å². The minimum atomic E-state index is -1.00. The van der Waals surface area contributed by atoms with Gasteiger partial charge in [0, 0.05) is 20.0 Å². The van der Waals surface area contributed by atoms with Crippen LogP contribution in [0.15, 0.2) is 48.5 Å². The first kappa shape index (κ1) is 21.4. The van der Waals surface area contributed by atoms with Gasteiger partial charge in [-0.25, -0.2) is 9.69 Å². The fourth-order valence-corrected chi connectivity index (χ4v) is 4.12. The number of rotatable bonds is 5. The molecule has 2 aromatic carbocycles. The van der Waals surface area contributed by atoms with Crippen molar-refractivity contribution < 1.29 is 23.9 Å². The number of nitrogens with one attached hydrogen (secondary N) is 2. The molecule has 0 bridgehead atoms. The predicted octanol–water partition coefficient (Wildman–Crippen LogP) is 1.21. The van der Waals surface area contributed by atoms with Crippen molar-refractivity contribution in [3.8, 4) is 5.75 Å². The third-order valence-electron chi connectivity index (χ3n) is 5.85. The summed E-state index contributed by atoms with van der Waals surface area (Å²) in [6.45, 7) is 0.268. The Labute approximate surface area is 185 Å². The molecule has 9 nitrogen and oxygen atoms in total. The molecule has 5 amide bonds. The van der Waals surface area contributed by atoms with Crippen LogP contribution in [0.4, 0.5) is 10.5 Å². The van der Waals surface area contributed by atoms with Crippen molar-refractivity contribution in [1.29, 1.82) is 0 Å². The molecular formula is C23H24N4O5. The Balaban J connectivity index is 1.51. The normalized spacial score (nSPS) is 19.9. The zero-order valence-electron chi connectivity index (χ0n) is 17.8. The predicted molar refractivity (Wildman–Crippen MR) is 116 cm³/mol. The lowest BCUT2D eigenvalue weighted by atomic mass is 9.93. The van der Waals surface area contributed by atoms with Gasteiger partial charge in [-0.3, -0.25) is 14.4 Å². The number of hydrogen-bond acceptors (Lipinski definition) is 5. The first-order chi connectivity index (χ1) is 15.4. The van der Waals surface area contributed by atoms with Gasteiger partial charge in [0.2, 0.25) is 11.8 Å². The molecule has 0 aliphatic carbocycles. The number of benzene rings is 2. The summed E-state index contributed by atoms with van der Waals surface area (Å²) in [7, 11) is 3.05. The molecule has 2 aromatic rings. The van der Waals surface area contributed by atoms with Crippen LogP contribution in [0.3, 0.4) is 0 Å². The van der Waals surface area contributed by atoms with E-state index in [-0.39, 0.29) is 24.8 Å². The molecule has 0 unspecified atom stereocenters. The maximum Gasteiger partial charge on any atom is 0.329 e. The second-order valence-electron chi connectivity index (χ2n) is 7.70. The van der Waals surface area contributed by atoms with Crippen LogP contribution in [0.1, 0.15) is 17.5 Å². The smallest absolute Gasteiger partial charge is 0.329 e. The lowest BCUT2D eigenvalue weighted by molar-refractivity contribution is -0.142. The number of likely N-dealkylation sites (N-methyl/N-ethyl adjacent to an activating group) is 1. The van der Waals surface area contributed by atoms with Crippen LogP contribution in [0.25, 0.3) is 0 Å². The molecule has 4 rings (SSSR count). The summed E-state index contributed by atoms with van der Waals surface area (Å²) < 4.78 is 5.10. The zero-order valence-corrected chi connectivity index (χ0v) is 17.8. The zero-order chi connectivity index (χ0) is 22.8. The molecule has 1 saturated heterocycles. The maximum atomic E-state index is 13.2. The van der Waals surface area contributed by atoms with E-state index in [0.717, 1.165) is 16.0 Å². The third-order valence-corrected chi connectivity index (χ3v) is 5.85. The lowest BCUT2D eigenvalue weighted by Crippen LogP contribution is -2.53. The van der Waals surface area contributed by atoms with Gasteiger partial charge in [-0.1, -0.05) is 24.3 Å². The number of ether oxygens (including phenoxy) is 1. The summed E-state index contributed by atoms with van der Waals surface area (Å²) in [5.74, 6) is -0.557. The van der Waals surface area contributed by atoms with E-state index < -0.39 is 24.0 Å². The van der Waals surface area contributed by atoms with Gasteiger partial charge >= 0.3 is 6.03 Å². The Morgan fingerprint density at radius 2 is 1.78 bits per heavy atom. The standard InChI is InChI=1S/C23H24N4O5/c1-24-21(29)19-11-14-5-3-4-6-15(14)13-26(19)20(28)12-18-22(30)27(23(31)25-18)16-7-9-17(32-2)10-8-16/h3-10,18-19H,11-13H2,1-2H3,(H,24,29)(H,25,31)/t18-,19+/m1/s1. The van der Waals surface area contributed by atoms with Gasteiger partial charge in [0.1, 0.15) is 17.8 Å². The van der Waals surface area contributed by atoms with Gasteiger partial charge in [-0.05, 0) is 35.4 Å². The van der Waals surface area contributed by atoms with Gasteiger partial charge < -0.3 is 20.3 Å². The molecule has 1 fully saturated rings. The van der Waals surface area contributed by atoms with E-state index in [1.165, 1.54) is 19.1 Å². The average molecular weight is 436 g/mol. The Morgan fingerprint density at radius 3 is 2.44 bits per heavy atom. The summed E-state index contributed by atoms with van der Waals surface area (Å²) in [5, 5.41) is 5.20. The fraction of sp³-hybridized carbons (Fsp3) is 0.304.